The van der Waals surface area contributed by atoms with Crippen molar-refractivity contribution in [3.05, 3.63) is 34.7 Å². The SMILES string of the molecule is CN(c1ccnc(C2CC2)n1)C1CCN(Cc2cscn2)C1. The van der Waals surface area contributed by atoms with Crippen LogP contribution in [0.3, 0.4) is 0 Å². The smallest absolute Gasteiger partial charge is 0.133 e. The van der Waals surface area contributed by atoms with E-state index in [4.69, 9.17) is 4.98 Å². The molecule has 2 aromatic heterocycles. The third-order valence-electron chi connectivity index (χ3n) is 4.63. The zero-order valence-corrected chi connectivity index (χ0v) is 13.7. The first-order valence-corrected chi connectivity index (χ1v) is 8.89. The van der Waals surface area contributed by atoms with E-state index in [0.717, 1.165) is 31.3 Å². The molecule has 0 bridgehead atoms. The van der Waals surface area contributed by atoms with Crippen molar-refractivity contribution in [2.45, 2.75) is 37.8 Å². The average molecular weight is 315 g/mol. The van der Waals surface area contributed by atoms with Crippen LogP contribution in [-0.4, -0.2) is 46.0 Å². The summed E-state index contributed by atoms with van der Waals surface area (Å²) in [5.41, 5.74) is 3.10. The molecule has 22 heavy (non-hydrogen) atoms. The van der Waals surface area contributed by atoms with Gasteiger partial charge in [-0.1, -0.05) is 0 Å². The van der Waals surface area contributed by atoms with Gasteiger partial charge >= 0.3 is 0 Å². The summed E-state index contributed by atoms with van der Waals surface area (Å²) in [7, 11) is 2.16. The van der Waals surface area contributed by atoms with Crippen LogP contribution in [0.15, 0.2) is 23.2 Å². The van der Waals surface area contributed by atoms with Crippen LogP contribution in [0, 0.1) is 0 Å². The quantitative estimate of drug-likeness (QED) is 0.848. The van der Waals surface area contributed by atoms with Gasteiger partial charge in [0.25, 0.3) is 0 Å². The monoisotopic (exact) mass is 315 g/mol. The minimum atomic E-state index is 0.528. The van der Waals surface area contributed by atoms with Gasteiger partial charge in [0.05, 0.1) is 11.2 Å². The molecule has 4 rings (SSSR count). The third-order valence-corrected chi connectivity index (χ3v) is 5.26. The highest BCUT2D eigenvalue weighted by Gasteiger charge is 2.29. The highest BCUT2D eigenvalue weighted by Crippen LogP contribution is 2.38. The highest BCUT2D eigenvalue weighted by atomic mass is 32.1. The summed E-state index contributed by atoms with van der Waals surface area (Å²) in [6, 6.07) is 2.57. The number of anilines is 1. The van der Waals surface area contributed by atoms with Crippen molar-refractivity contribution < 1.29 is 0 Å². The van der Waals surface area contributed by atoms with Crippen molar-refractivity contribution >= 4 is 17.2 Å². The maximum Gasteiger partial charge on any atom is 0.133 e. The molecule has 2 aromatic rings. The molecule has 2 fully saturated rings. The third kappa shape index (κ3) is 2.98. The Kier molecular flexibility index (Phi) is 3.80. The molecule has 1 saturated carbocycles. The number of likely N-dealkylation sites (N-methyl/N-ethyl adjacent to an activating group) is 1. The summed E-state index contributed by atoms with van der Waals surface area (Å²) in [5, 5.41) is 2.14. The van der Waals surface area contributed by atoms with Gasteiger partial charge in [-0.3, -0.25) is 4.90 Å². The van der Waals surface area contributed by atoms with Crippen LogP contribution >= 0.6 is 11.3 Å². The van der Waals surface area contributed by atoms with Crippen LogP contribution in [0.25, 0.3) is 0 Å². The number of hydrogen-bond donors (Lipinski definition) is 0. The predicted molar refractivity (Wildman–Crippen MR) is 88.2 cm³/mol. The number of likely N-dealkylation sites (tertiary alicyclic amines) is 1. The lowest BCUT2D eigenvalue weighted by Gasteiger charge is -2.26. The summed E-state index contributed by atoms with van der Waals surface area (Å²) in [5.74, 6) is 2.71. The first kappa shape index (κ1) is 14.1. The Balaban J connectivity index is 1.40. The van der Waals surface area contributed by atoms with Crippen LogP contribution in [0.2, 0.25) is 0 Å². The Hall–Kier alpha value is -1.53. The second kappa shape index (κ2) is 5.93. The lowest BCUT2D eigenvalue weighted by atomic mass is 10.2. The van der Waals surface area contributed by atoms with E-state index in [1.165, 1.54) is 25.0 Å². The van der Waals surface area contributed by atoms with E-state index in [9.17, 15) is 0 Å². The van der Waals surface area contributed by atoms with Gasteiger partial charge in [-0.15, -0.1) is 11.3 Å². The number of rotatable bonds is 5. The molecule has 2 aliphatic rings. The number of thiazole rings is 1. The van der Waals surface area contributed by atoms with Crippen molar-refractivity contribution in [2.24, 2.45) is 0 Å². The molecular formula is C16H21N5S. The van der Waals surface area contributed by atoms with Gasteiger partial charge < -0.3 is 4.90 Å². The highest BCUT2D eigenvalue weighted by molar-refractivity contribution is 7.07. The number of hydrogen-bond acceptors (Lipinski definition) is 6. The normalized spacial score (nSPS) is 22.1. The molecule has 0 amide bonds. The van der Waals surface area contributed by atoms with E-state index in [2.05, 4.69) is 32.2 Å². The second-order valence-corrected chi connectivity index (χ2v) is 7.03. The maximum absolute atomic E-state index is 4.77. The first-order chi connectivity index (χ1) is 10.8. The van der Waals surface area contributed by atoms with Crippen molar-refractivity contribution in [3.63, 3.8) is 0 Å². The average Bonchev–Trinajstić information content (AvgIpc) is 3.09. The molecule has 116 valence electrons. The summed E-state index contributed by atoms with van der Waals surface area (Å²) in [6.45, 7) is 3.18. The topological polar surface area (TPSA) is 45.2 Å². The van der Waals surface area contributed by atoms with Crippen molar-refractivity contribution in [1.29, 1.82) is 0 Å². The van der Waals surface area contributed by atoms with Crippen LogP contribution in [0.5, 0.6) is 0 Å². The molecule has 5 nitrogen and oxygen atoms in total. The molecule has 0 aromatic carbocycles. The fraction of sp³-hybridized carbons (Fsp3) is 0.562. The standard InChI is InChI=1S/C16H21N5S/c1-20(15-4-6-17-16(19-15)12-2-3-12)14-5-7-21(9-14)8-13-10-22-11-18-13/h4,6,10-12,14H,2-3,5,7-9H2,1H3. The lowest BCUT2D eigenvalue weighted by Crippen LogP contribution is -2.35. The minimum Gasteiger partial charge on any atom is -0.355 e. The van der Waals surface area contributed by atoms with Crippen molar-refractivity contribution in [3.8, 4) is 0 Å². The maximum atomic E-state index is 4.77. The van der Waals surface area contributed by atoms with Gasteiger partial charge in [0, 0.05) is 50.2 Å². The Morgan fingerprint density at radius 1 is 1.32 bits per heavy atom. The van der Waals surface area contributed by atoms with E-state index >= 15 is 0 Å². The summed E-state index contributed by atoms with van der Waals surface area (Å²) in [4.78, 5) is 18.4. The lowest BCUT2D eigenvalue weighted by molar-refractivity contribution is 0.322. The molecule has 0 spiro atoms. The molecule has 0 N–H and O–H groups in total. The van der Waals surface area contributed by atoms with E-state index in [1.54, 1.807) is 11.3 Å². The first-order valence-electron chi connectivity index (χ1n) is 7.95. The van der Waals surface area contributed by atoms with Crippen LogP contribution in [-0.2, 0) is 6.54 Å². The minimum absolute atomic E-state index is 0.528. The van der Waals surface area contributed by atoms with Crippen LogP contribution < -0.4 is 4.90 Å². The molecule has 1 aliphatic carbocycles. The molecule has 6 heteroatoms. The Morgan fingerprint density at radius 2 is 2.23 bits per heavy atom. The number of aromatic nitrogens is 3. The van der Waals surface area contributed by atoms with Gasteiger partial charge in [-0.25, -0.2) is 15.0 Å². The molecule has 1 unspecified atom stereocenters. The van der Waals surface area contributed by atoms with E-state index in [1.807, 2.05) is 17.8 Å². The molecule has 1 aliphatic heterocycles. The van der Waals surface area contributed by atoms with Gasteiger partial charge in [0.15, 0.2) is 0 Å². The van der Waals surface area contributed by atoms with Gasteiger partial charge in [0.1, 0.15) is 11.6 Å². The molecule has 1 saturated heterocycles. The summed E-state index contributed by atoms with van der Waals surface area (Å²) < 4.78 is 0. The molecule has 0 radical (unpaired) electrons. The second-order valence-electron chi connectivity index (χ2n) is 6.32. The van der Waals surface area contributed by atoms with Crippen LogP contribution in [0.1, 0.15) is 36.7 Å². The van der Waals surface area contributed by atoms with E-state index in [0.29, 0.717) is 12.0 Å². The van der Waals surface area contributed by atoms with E-state index in [-0.39, 0.29) is 0 Å². The summed E-state index contributed by atoms with van der Waals surface area (Å²) >= 11 is 1.67. The zero-order chi connectivity index (χ0) is 14.9. The fourth-order valence-electron chi connectivity index (χ4n) is 3.10. The largest absolute Gasteiger partial charge is 0.355 e. The fourth-order valence-corrected chi connectivity index (χ4v) is 3.65. The Morgan fingerprint density at radius 3 is 3.00 bits per heavy atom. The zero-order valence-electron chi connectivity index (χ0n) is 12.9. The Bertz CT molecular complexity index is 625. The summed E-state index contributed by atoms with van der Waals surface area (Å²) in [6.07, 6.45) is 5.59. The van der Waals surface area contributed by atoms with Gasteiger partial charge in [-0.05, 0) is 25.3 Å². The number of nitrogens with zero attached hydrogens (tertiary/aromatic N) is 5. The molecule has 1 atom stereocenters. The van der Waals surface area contributed by atoms with Crippen LogP contribution in [0.4, 0.5) is 5.82 Å². The predicted octanol–water partition coefficient (Wildman–Crippen LogP) is 2.52. The van der Waals surface area contributed by atoms with Gasteiger partial charge in [-0.2, -0.15) is 0 Å². The van der Waals surface area contributed by atoms with Crippen molar-refractivity contribution in [1.82, 2.24) is 19.9 Å². The van der Waals surface area contributed by atoms with Crippen molar-refractivity contribution in [2.75, 3.05) is 25.0 Å². The molecular weight excluding hydrogens is 294 g/mol. The van der Waals surface area contributed by atoms with E-state index < -0.39 is 0 Å². The Labute approximate surface area is 135 Å². The van der Waals surface area contributed by atoms with Gasteiger partial charge in [0.2, 0.25) is 0 Å². The molecule has 3 heterocycles.